The standard InChI is InChI=1S/C22H29N3O2S/c1-17-11-13-19(14-12-17)28(26,27)25-16-6-10-21(25)20-9-5-15-23-22(20)24-18-7-3-2-4-8-18/h5,9,11-15,18,21H,2-4,6-8,10,16H2,1H3,(H,23,24). The maximum absolute atomic E-state index is 13.3. The van der Waals surface area contributed by atoms with E-state index < -0.39 is 10.0 Å². The Bertz CT molecular complexity index is 906. The number of pyridine rings is 1. The minimum Gasteiger partial charge on any atom is -0.367 e. The second-order valence-corrected chi connectivity index (χ2v) is 9.90. The fraction of sp³-hybridized carbons (Fsp3) is 0.500. The molecule has 0 radical (unpaired) electrons. The van der Waals surface area contributed by atoms with Gasteiger partial charge in [-0.3, -0.25) is 0 Å². The molecule has 1 aliphatic carbocycles. The molecule has 1 atom stereocenters. The molecular weight excluding hydrogens is 370 g/mol. The molecule has 1 N–H and O–H groups in total. The van der Waals surface area contributed by atoms with Crippen molar-refractivity contribution in [1.82, 2.24) is 9.29 Å². The number of hydrogen-bond acceptors (Lipinski definition) is 4. The molecule has 2 fully saturated rings. The quantitative estimate of drug-likeness (QED) is 0.794. The lowest BCUT2D eigenvalue weighted by molar-refractivity contribution is 0.396. The van der Waals surface area contributed by atoms with E-state index in [9.17, 15) is 8.42 Å². The van der Waals surface area contributed by atoms with Crippen molar-refractivity contribution in [2.75, 3.05) is 11.9 Å². The third kappa shape index (κ3) is 3.94. The van der Waals surface area contributed by atoms with Gasteiger partial charge in [-0.15, -0.1) is 0 Å². The van der Waals surface area contributed by atoms with E-state index in [-0.39, 0.29) is 6.04 Å². The van der Waals surface area contributed by atoms with Gasteiger partial charge in [0, 0.05) is 24.3 Å². The normalized spacial score (nSPS) is 21.7. The summed E-state index contributed by atoms with van der Waals surface area (Å²) in [7, 11) is -3.52. The molecule has 1 saturated carbocycles. The van der Waals surface area contributed by atoms with Crippen molar-refractivity contribution in [3.8, 4) is 0 Å². The van der Waals surface area contributed by atoms with E-state index >= 15 is 0 Å². The second kappa shape index (κ2) is 8.21. The number of sulfonamides is 1. The zero-order valence-electron chi connectivity index (χ0n) is 16.5. The molecule has 150 valence electrons. The average molecular weight is 400 g/mol. The number of rotatable bonds is 5. The summed E-state index contributed by atoms with van der Waals surface area (Å²) in [5.74, 6) is 0.852. The van der Waals surface area contributed by atoms with E-state index in [0.717, 1.165) is 42.6 Å². The topological polar surface area (TPSA) is 62.3 Å². The molecule has 1 saturated heterocycles. The summed E-state index contributed by atoms with van der Waals surface area (Å²) in [4.78, 5) is 4.96. The van der Waals surface area contributed by atoms with E-state index in [1.165, 1.54) is 19.3 Å². The SMILES string of the molecule is Cc1ccc(S(=O)(=O)N2CCCC2c2cccnc2NC2CCCCC2)cc1. The van der Waals surface area contributed by atoms with E-state index in [2.05, 4.69) is 10.3 Å². The van der Waals surface area contributed by atoms with Crippen molar-refractivity contribution < 1.29 is 8.42 Å². The average Bonchev–Trinajstić information content (AvgIpc) is 3.20. The van der Waals surface area contributed by atoms with Crippen LogP contribution in [-0.2, 0) is 10.0 Å². The van der Waals surface area contributed by atoms with Crippen molar-refractivity contribution in [2.24, 2.45) is 0 Å². The first-order valence-corrected chi connectivity index (χ1v) is 11.8. The predicted octanol–water partition coefficient (Wildman–Crippen LogP) is 4.66. The third-order valence-corrected chi connectivity index (χ3v) is 7.90. The number of anilines is 1. The highest BCUT2D eigenvalue weighted by Gasteiger charge is 2.37. The molecule has 1 aromatic heterocycles. The van der Waals surface area contributed by atoms with Gasteiger partial charge in [0.05, 0.1) is 10.9 Å². The second-order valence-electron chi connectivity index (χ2n) is 8.01. The lowest BCUT2D eigenvalue weighted by atomic mass is 9.95. The molecule has 0 spiro atoms. The Kier molecular flexibility index (Phi) is 5.69. The van der Waals surface area contributed by atoms with Crippen LogP contribution >= 0.6 is 0 Å². The summed E-state index contributed by atoms with van der Waals surface area (Å²) in [6.07, 6.45) is 9.61. The molecule has 4 rings (SSSR count). The Morgan fingerprint density at radius 3 is 2.50 bits per heavy atom. The first kappa shape index (κ1) is 19.4. The van der Waals surface area contributed by atoms with Crippen molar-refractivity contribution in [3.63, 3.8) is 0 Å². The Balaban J connectivity index is 1.62. The first-order valence-electron chi connectivity index (χ1n) is 10.4. The summed E-state index contributed by atoms with van der Waals surface area (Å²) in [5, 5.41) is 3.61. The van der Waals surface area contributed by atoms with Gasteiger partial charge in [0.1, 0.15) is 5.82 Å². The van der Waals surface area contributed by atoms with Gasteiger partial charge >= 0.3 is 0 Å². The molecule has 1 aromatic carbocycles. The molecule has 28 heavy (non-hydrogen) atoms. The van der Waals surface area contributed by atoms with E-state index in [4.69, 9.17) is 0 Å². The van der Waals surface area contributed by atoms with Crippen LogP contribution in [0.5, 0.6) is 0 Å². The Hall–Kier alpha value is -1.92. The summed E-state index contributed by atoms with van der Waals surface area (Å²) < 4.78 is 28.3. The summed E-state index contributed by atoms with van der Waals surface area (Å²) in [6, 6.07) is 11.4. The zero-order valence-corrected chi connectivity index (χ0v) is 17.3. The highest BCUT2D eigenvalue weighted by Crippen LogP contribution is 2.39. The third-order valence-electron chi connectivity index (χ3n) is 5.98. The molecule has 5 nitrogen and oxygen atoms in total. The van der Waals surface area contributed by atoms with Gasteiger partial charge in [-0.25, -0.2) is 13.4 Å². The number of benzene rings is 1. The van der Waals surface area contributed by atoms with E-state index in [0.29, 0.717) is 17.5 Å². The molecule has 2 aliphatic rings. The lowest BCUT2D eigenvalue weighted by Gasteiger charge is -2.28. The van der Waals surface area contributed by atoms with Gasteiger partial charge in [0.2, 0.25) is 10.0 Å². The van der Waals surface area contributed by atoms with Crippen LogP contribution in [-0.4, -0.2) is 30.3 Å². The Morgan fingerprint density at radius 2 is 1.75 bits per heavy atom. The largest absolute Gasteiger partial charge is 0.367 e. The summed E-state index contributed by atoms with van der Waals surface area (Å²) >= 11 is 0. The lowest BCUT2D eigenvalue weighted by Crippen LogP contribution is -2.32. The highest BCUT2D eigenvalue weighted by molar-refractivity contribution is 7.89. The fourth-order valence-electron chi connectivity index (χ4n) is 4.43. The van der Waals surface area contributed by atoms with Gasteiger partial charge in [0.15, 0.2) is 0 Å². The molecule has 0 bridgehead atoms. The van der Waals surface area contributed by atoms with Crippen LogP contribution in [0.2, 0.25) is 0 Å². The van der Waals surface area contributed by atoms with Crippen LogP contribution in [0.3, 0.4) is 0 Å². The molecule has 6 heteroatoms. The maximum Gasteiger partial charge on any atom is 0.243 e. The number of nitrogens with one attached hydrogen (secondary N) is 1. The number of hydrogen-bond donors (Lipinski definition) is 1. The molecular formula is C22H29N3O2S. The maximum atomic E-state index is 13.3. The summed E-state index contributed by atoms with van der Waals surface area (Å²) in [6.45, 7) is 2.52. The number of aryl methyl sites for hydroxylation is 1. The monoisotopic (exact) mass is 399 g/mol. The molecule has 0 amide bonds. The fourth-order valence-corrected chi connectivity index (χ4v) is 6.11. The van der Waals surface area contributed by atoms with Crippen molar-refractivity contribution in [2.45, 2.75) is 68.8 Å². The van der Waals surface area contributed by atoms with Gasteiger partial charge < -0.3 is 5.32 Å². The number of aromatic nitrogens is 1. The van der Waals surface area contributed by atoms with Gasteiger partial charge in [0.25, 0.3) is 0 Å². The van der Waals surface area contributed by atoms with Crippen molar-refractivity contribution >= 4 is 15.8 Å². The van der Waals surface area contributed by atoms with Crippen molar-refractivity contribution in [1.29, 1.82) is 0 Å². The van der Waals surface area contributed by atoms with Gasteiger partial charge in [-0.1, -0.05) is 43.0 Å². The molecule has 2 aromatic rings. The smallest absolute Gasteiger partial charge is 0.243 e. The Morgan fingerprint density at radius 1 is 1.00 bits per heavy atom. The Labute approximate surface area is 168 Å². The number of nitrogens with zero attached hydrogens (tertiary/aromatic N) is 2. The van der Waals surface area contributed by atoms with Crippen LogP contribution in [0, 0.1) is 6.92 Å². The predicted molar refractivity (Wildman–Crippen MR) is 112 cm³/mol. The van der Waals surface area contributed by atoms with Crippen LogP contribution < -0.4 is 5.32 Å². The van der Waals surface area contributed by atoms with Gasteiger partial charge in [-0.05, 0) is 50.8 Å². The molecule has 2 heterocycles. The minimum atomic E-state index is -3.52. The van der Waals surface area contributed by atoms with E-state index in [1.54, 1.807) is 22.6 Å². The van der Waals surface area contributed by atoms with Gasteiger partial charge in [-0.2, -0.15) is 4.31 Å². The molecule has 1 unspecified atom stereocenters. The minimum absolute atomic E-state index is 0.161. The van der Waals surface area contributed by atoms with Crippen molar-refractivity contribution in [3.05, 3.63) is 53.7 Å². The van der Waals surface area contributed by atoms with Crippen LogP contribution in [0.1, 0.15) is 62.1 Å². The van der Waals surface area contributed by atoms with Crippen LogP contribution in [0.25, 0.3) is 0 Å². The zero-order chi connectivity index (χ0) is 19.6. The molecule has 1 aliphatic heterocycles. The van der Waals surface area contributed by atoms with Crippen LogP contribution in [0.4, 0.5) is 5.82 Å². The van der Waals surface area contributed by atoms with E-state index in [1.807, 2.05) is 31.2 Å². The summed E-state index contributed by atoms with van der Waals surface area (Å²) in [5.41, 5.74) is 2.06. The van der Waals surface area contributed by atoms with Crippen LogP contribution in [0.15, 0.2) is 47.5 Å². The first-order chi connectivity index (χ1) is 13.6. The highest BCUT2D eigenvalue weighted by atomic mass is 32.2.